The molecular formula is C7H13NO. The zero-order valence-electron chi connectivity index (χ0n) is 5.81. The molecule has 0 aliphatic carbocycles. The minimum Gasteiger partial charge on any atom is -0.365 e. The number of ether oxygens (including phenoxy) is 1. The zero-order chi connectivity index (χ0) is 6.69. The first kappa shape index (κ1) is 6.78. The number of hydrogen-bond acceptors (Lipinski definition) is 2. The summed E-state index contributed by atoms with van der Waals surface area (Å²) in [6.07, 6.45) is 1.04. The first-order chi connectivity index (χ1) is 4.29. The molecule has 52 valence electrons. The Morgan fingerprint density at radius 2 is 2.67 bits per heavy atom. The van der Waals surface area contributed by atoms with E-state index >= 15 is 0 Å². The molecule has 1 N–H and O–H groups in total. The van der Waals surface area contributed by atoms with Gasteiger partial charge in [-0.1, -0.05) is 5.57 Å². The van der Waals surface area contributed by atoms with Gasteiger partial charge >= 0.3 is 0 Å². The molecular weight excluding hydrogens is 114 g/mol. The first-order valence-electron chi connectivity index (χ1n) is 3.24. The summed E-state index contributed by atoms with van der Waals surface area (Å²) >= 11 is 0. The second kappa shape index (κ2) is 2.99. The lowest BCUT2D eigenvalue weighted by Gasteiger charge is -2.05. The summed E-state index contributed by atoms with van der Waals surface area (Å²) in [5.41, 5.74) is 1.22. The highest BCUT2D eigenvalue weighted by atomic mass is 16.5. The fourth-order valence-electron chi connectivity index (χ4n) is 0.989. The normalized spacial score (nSPS) is 26.6. The summed E-state index contributed by atoms with van der Waals surface area (Å²) in [5.74, 6) is 0. The molecule has 2 nitrogen and oxygen atoms in total. The molecule has 2 heteroatoms. The molecule has 0 aromatic heterocycles. The summed E-state index contributed by atoms with van der Waals surface area (Å²) in [4.78, 5) is 0. The van der Waals surface area contributed by atoms with E-state index in [0.717, 1.165) is 13.0 Å². The third kappa shape index (κ3) is 2.16. The molecule has 0 aromatic rings. The molecule has 1 rings (SSSR count). The minimum absolute atomic E-state index is 0.516. The molecule has 0 aromatic carbocycles. The first-order valence-corrected chi connectivity index (χ1v) is 3.24. The fraction of sp³-hybridized carbons (Fsp3) is 0.714. The van der Waals surface area contributed by atoms with Crippen LogP contribution in [0, 0.1) is 0 Å². The van der Waals surface area contributed by atoms with Crippen LogP contribution in [0.5, 0.6) is 0 Å². The van der Waals surface area contributed by atoms with Gasteiger partial charge in [-0.15, -0.1) is 6.58 Å². The number of nitrogens with one attached hydrogen (secondary N) is 1. The zero-order valence-corrected chi connectivity index (χ0v) is 5.81. The predicted molar refractivity (Wildman–Crippen MR) is 37.2 cm³/mol. The van der Waals surface area contributed by atoms with E-state index in [-0.39, 0.29) is 0 Å². The molecule has 0 radical (unpaired) electrons. The number of rotatable bonds is 2. The van der Waals surface area contributed by atoms with Crippen LogP contribution in [0.1, 0.15) is 13.3 Å². The molecule has 0 saturated carbocycles. The SMILES string of the molecule is C=C(C)C[C@H]1COCN1. The highest BCUT2D eigenvalue weighted by molar-refractivity contribution is 4.93. The van der Waals surface area contributed by atoms with Gasteiger partial charge in [-0.3, -0.25) is 5.32 Å². The number of hydrogen-bond donors (Lipinski definition) is 1. The van der Waals surface area contributed by atoms with Gasteiger partial charge < -0.3 is 4.74 Å². The van der Waals surface area contributed by atoms with Crippen LogP contribution >= 0.6 is 0 Å². The summed E-state index contributed by atoms with van der Waals surface area (Å²) in [5, 5.41) is 3.20. The van der Waals surface area contributed by atoms with Crippen LogP contribution in [0.15, 0.2) is 12.2 Å². The van der Waals surface area contributed by atoms with Crippen LogP contribution in [0.25, 0.3) is 0 Å². The third-order valence-corrected chi connectivity index (χ3v) is 1.39. The molecule has 1 atom stereocenters. The average Bonchev–Trinajstić information content (AvgIpc) is 2.15. The van der Waals surface area contributed by atoms with Crippen LogP contribution in [0.3, 0.4) is 0 Å². The van der Waals surface area contributed by atoms with Crippen molar-refractivity contribution in [1.29, 1.82) is 0 Å². The van der Waals surface area contributed by atoms with Crippen LogP contribution in [-0.2, 0) is 4.74 Å². The van der Waals surface area contributed by atoms with E-state index in [9.17, 15) is 0 Å². The van der Waals surface area contributed by atoms with Crippen molar-refractivity contribution in [2.75, 3.05) is 13.3 Å². The van der Waals surface area contributed by atoms with E-state index in [1.165, 1.54) is 5.57 Å². The molecule has 9 heavy (non-hydrogen) atoms. The second-order valence-corrected chi connectivity index (χ2v) is 2.58. The van der Waals surface area contributed by atoms with Crippen molar-refractivity contribution in [3.05, 3.63) is 12.2 Å². The topological polar surface area (TPSA) is 21.3 Å². The molecule has 0 amide bonds. The van der Waals surface area contributed by atoms with E-state index in [2.05, 4.69) is 11.9 Å². The van der Waals surface area contributed by atoms with Gasteiger partial charge in [-0.05, 0) is 13.3 Å². The van der Waals surface area contributed by atoms with Gasteiger partial charge in [0.2, 0.25) is 0 Å². The molecule has 0 bridgehead atoms. The Morgan fingerprint density at radius 1 is 1.89 bits per heavy atom. The lowest BCUT2D eigenvalue weighted by atomic mass is 10.1. The Kier molecular flexibility index (Phi) is 2.25. The van der Waals surface area contributed by atoms with E-state index in [1.54, 1.807) is 0 Å². The van der Waals surface area contributed by atoms with Crippen LogP contribution in [-0.4, -0.2) is 19.4 Å². The lowest BCUT2D eigenvalue weighted by molar-refractivity contribution is 0.189. The second-order valence-electron chi connectivity index (χ2n) is 2.58. The van der Waals surface area contributed by atoms with Crippen molar-refractivity contribution in [1.82, 2.24) is 5.32 Å². The van der Waals surface area contributed by atoms with E-state index in [1.807, 2.05) is 6.92 Å². The summed E-state index contributed by atoms with van der Waals surface area (Å²) < 4.78 is 5.11. The van der Waals surface area contributed by atoms with Crippen molar-refractivity contribution in [3.8, 4) is 0 Å². The van der Waals surface area contributed by atoms with Crippen LogP contribution in [0.4, 0.5) is 0 Å². The molecule has 1 aliphatic heterocycles. The highest BCUT2D eigenvalue weighted by Crippen LogP contribution is 2.05. The van der Waals surface area contributed by atoms with Crippen molar-refractivity contribution in [2.45, 2.75) is 19.4 Å². The quantitative estimate of drug-likeness (QED) is 0.556. The largest absolute Gasteiger partial charge is 0.365 e. The van der Waals surface area contributed by atoms with Crippen molar-refractivity contribution in [3.63, 3.8) is 0 Å². The molecule has 1 saturated heterocycles. The van der Waals surface area contributed by atoms with Gasteiger partial charge in [0.1, 0.15) is 0 Å². The average molecular weight is 127 g/mol. The van der Waals surface area contributed by atoms with Gasteiger partial charge in [0.05, 0.1) is 13.3 Å². The van der Waals surface area contributed by atoms with Crippen molar-refractivity contribution < 1.29 is 4.74 Å². The van der Waals surface area contributed by atoms with Crippen LogP contribution in [0.2, 0.25) is 0 Å². The molecule has 0 spiro atoms. The standard InChI is InChI=1S/C7H13NO/c1-6(2)3-7-4-9-5-8-7/h7-8H,1,3-5H2,2H3/t7-/m0/s1. The lowest BCUT2D eigenvalue weighted by Crippen LogP contribution is -2.23. The van der Waals surface area contributed by atoms with E-state index < -0.39 is 0 Å². The monoisotopic (exact) mass is 127 g/mol. The Bertz CT molecular complexity index is 105. The minimum atomic E-state index is 0.516. The van der Waals surface area contributed by atoms with Crippen molar-refractivity contribution >= 4 is 0 Å². The fourth-order valence-corrected chi connectivity index (χ4v) is 0.989. The van der Waals surface area contributed by atoms with Gasteiger partial charge in [-0.2, -0.15) is 0 Å². The maximum Gasteiger partial charge on any atom is 0.0969 e. The van der Waals surface area contributed by atoms with E-state index in [4.69, 9.17) is 4.74 Å². The summed E-state index contributed by atoms with van der Waals surface area (Å²) in [7, 11) is 0. The Balaban J connectivity index is 2.19. The smallest absolute Gasteiger partial charge is 0.0969 e. The molecule has 1 fully saturated rings. The maximum absolute atomic E-state index is 5.11. The maximum atomic E-state index is 5.11. The third-order valence-electron chi connectivity index (χ3n) is 1.39. The Labute approximate surface area is 55.9 Å². The van der Waals surface area contributed by atoms with Gasteiger partial charge in [0, 0.05) is 6.04 Å². The molecule has 1 heterocycles. The Morgan fingerprint density at radius 3 is 3.11 bits per heavy atom. The van der Waals surface area contributed by atoms with Gasteiger partial charge in [0.15, 0.2) is 0 Å². The van der Waals surface area contributed by atoms with E-state index in [0.29, 0.717) is 12.8 Å². The predicted octanol–water partition coefficient (Wildman–Crippen LogP) is 0.899. The molecule has 1 aliphatic rings. The summed E-state index contributed by atoms with van der Waals surface area (Å²) in [6.45, 7) is 7.41. The van der Waals surface area contributed by atoms with Crippen molar-refractivity contribution in [2.24, 2.45) is 0 Å². The molecule has 0 unspecified atom stereocenters. The Hall–Kier alpha value is -0.340. The van der Waals surface area contributed by atoms with Crippen LogP contribution < -0.4 is 5.32 Å². The summed E-state index contributed by atoms with van der Waals surface area (Å²) in [6, 6.07) is 0.516. The van der Waals surface area contributed by atoms with Gasteiger partial charge in [-0.25, -0.2) is 0 Å². The highest BCUT2D eigenvalue weighted by Gasteiger charge is 2.13. The van der Waals surface area contributed by atoms with Gasteiger partial charge in [0.25, 0.3) is 0 Å².